The van der Waals surface area contributed by atoms with E-state index in [4.69, 9.17) is 4.74 Å². The molecule has 0 aliphatic heterocycles. The summed E-state index contributed by atoms with van der Waals surface area (Å²) in [4.78, 5) is 11.2. The Balaban J connectivity index is 3.11. The molecule has 17 heavy (non-hydrogen) atoms. The van der Waals surface area contributed by atoms with Crippen LogP contribution >= 0.6 is 0 Å². The third-order valence-corrected chi connectivity index (χ3v) is 2.78. The third-order valence-electron chi connectivity index (χ3n) is 2.78. The Kier molecular flexibility index (Phi) is 12.8. The van der Waals surface area contributed by atoms with Crippen LogP contribution in [0.4, 0.5) is 4.79 Å². The Hall–Kier alpha value is -0.730. The van der Waals surface area contributed by atoms with Gasteiger partial charge in [-0.25, -0.2) is 4.79 Å². The van der Waals surface area contributed by atoms with Crippen LogP contribution in [0, 0.1) is 0 Å². The second kappa shape index (κ2) is 13.3. The van der Waals surface area contributed by atoms with Crippen LogP contribution in [0.2, 0.25) is 0 Å². The Morgan fingerprint density at radius 2 is 1.47 bits per heavy atom. The second-order valence-corrected chi connectivity index (χ2v) is 4.54. The zero-order valence-corrected chi connectivity index (χ0v) is 11.6. The molecule has 0 spiro atoms. The van der Waals surface area contributed by atoms with E-state index in [0.717, 1.165) is 25.8 Å². The van der Waals surface area contributed by atoms with Crippen LogP contribution in [0.3, 0.4) is 0 Å². The fourth-order valence-electron chi connectivity index (χ4n) is 1.66. The van der Waals surface area contributed by atoms with Gasteiger partial charge < -0.3 is 10.1 Å². The number of hydrogen-bond acceptors (Lipinski definition) is 2. The van der Waals surface area contributed by atoms with Crippen molar-refractivity contribution in [2.45, 2.75) is 71.6 Å². The van der Waals surface area contributed by atoms with E-state index in [2.05, 4.69) is 19.2 Å². The summed E-state index contributed by atoms with van der Waals surface area (Å²) in [6.07, 6.45) is 10.4. The maximum atomic E-state index is 11.2. The lowest BCUT2D eigenvalue weighted by Gasteiger charge is -2.06. The fourth-order valence-corrected chi connectivity index (χ4v) is 1.66. The lowest BCUT2D eigenvalue weighted by Crippen LogP contribution is -2.25. The zero-order chi connectivity index (χ0) is 12.8. The highest BCUT2D eigenvalue weighted by atomic mass is 16.5. The molecule has 0 atom stereocenters. The third kappa shape index (κ3) is 13.2. The molecule has 3 heteroatoms. The van der Waals surface area contributed by atoms with Crippen molar-refractivity contribution in [2.75, 3.05) is 13.2 Å². The van der Waals surface area contributed by atoms with Gasteiger partial charge >= 0.3 is 6.09 Å². The average molecular weight is 243 g/mol. The van der Waals surface area contributed by atoms with Crippen molar-refractivity contribution in [2.24, 2.45) is 0 Å². The lowest BCUT2D eigenvalue weighted by atomic mass is 10.1. The van der Waals surface area contributed by atoms with E-state index in [1.807, 2.05) is 0 Å². The zero-order valence-electron chi connectivity index (χ0n) is 11.6. The minimum atomic E-state index is -0.255. The molecule has 0 aliphatic carbocycles. The molecule has 0 unspecified atom stereocenters. The number of ether oxygens (including phenoxy) is 1. The van der Waals surface area contributed by atoms with Crippen LogP contribution in [0.1, 0.15) is 71.6 Å². The van der Waals surface area contributed by atoms with Crippen LogP contribution in [-0.4, -0.2) is 19.2 Å². The summed E-state index contributed by atoms with van der Waals surface area (Å²) in [7, 11) is 0. The maximum Gasteiger partial charge on any atom is 0.407 e. The highest BCUT2D eigenvalue weighted by molar-refractivity contribution is 5.66. The van der Waals surface area contributed by atoms with Gasteiger partial charge in [-0.15, -0.1) is 0 Å². The molecule has 0 aromatic heterocycles. The highest BCUT2D eigenvalue weighted by Crippen LogP contribution is 2.04. The normalized spacial score (nSPS) is 10.2. The number of nitrogens with one attached hydrogen (secondary N) is 1. The van der Waals surface area contributed by atoms with Gasteiger partial charge in [0.2, 0.25) is 0 Å². The smallest absolute Gasteiger partial charge is 0.407 e. The minimum absolute atomic E-state index is 0.255. The first-order valence-electron chi connectivity index (χ1n) is 7.21. The summed E-state index contributed by atoms with van der Waals surface area (Å²) >= 11 is 0. The van der Waals surface area contributed by atoms with E-state index in [1.54, 1.807) is 0 Å². The van der Waals surface area contributed by atoms with Crippen LogP contribution in [0.25, 0.3) is 0 Å². The predicted octanol–water partition coefficient (Wildman–Crippen LogP) is 4.26. The Morgan fingerprint density at radius 3 is 2.18 bits per heavy atom. The number of carbonyl (C=O) groups excluding carboxylic acids is 1. The topological polar surface area (TPSA) is 38.3 Å². The van der Waals surface area contributed by atoms with Gasteiger partial charge in [-0.2, -0.15) is 0 Å². The highest BCUT2D eigenvalue weighted by Gasteiger charge is 1.99. The van der Waals surface area contributed by atoms with E-state index in [-0.39, 0.29) is 6.09 Å². The van der Waals surface area contributed by atoms with Crippen molar-refractivity contribution < 1.29 is 9.53 Å². The molecular weight excluding hydrogens is 214 g/mol. The Morgan fingerprint density at radius 1 is 0.882 bits per heavy atom. The average Bonchev–Trinajstić information content (AvgIpc) is 2.33. The van der Waals surface area contributed by atoms with Crippen LogP contribution in [-0.2, 0) is 4.74 Å². The summed E-state index contributed by atoms with van der Waals surface area (Å²) in [6.45, 7) is 5.66. The summed E-state index contributed by atoms with van der Waals surface area (Å²) in [5.74, 6) is 0. The van der Waals surface area contributed by atoms with Crippen molar-refractivity contribution in [1.82, 2.24) is 5.32 Å². The summed E-state index contributed by atoms with van der Waals surface area (Å²) < 4.78 is 5.08. The summed E-state index contributed by atoms with van der Waals surface area (Å²) in [6, 6.07) is 0. The molecule has 0 aliphatic rings. The van der Waals surface area contributed by atoms with Gasteiger partial charge in [0.1, 0.15) is 0 Å². The van der Waals surface area contributed by atoms with Gasteiger partial charge in [-0.3, -0.25) is 0 Å². The molecule has 0 bridgehead atoms. The number of alkyl carbamates (subject to hydrolysis) is 1. The molecule has 3 nitrogen and oxygen atoms in total. The number of unbranched alkanes of at least 4 members (excludes halogenated alkanes) is 7. The molecular formula is C14H29NO2. The molecule has 0 heterocycles. The molecule has 0 fully saturated rings. The van der Waals surface area contributed by atoms with E-state index in [9.17, 15) is 4.79 Å². The van der Waals surface area contributed by atoms with E-state index < -0.39 is 0 Å². The molecule has 0 saturated carbocycles. The maximum absolute atomic E-state index is 11.2. The van der Waals surface area contributed by atoms with Crippen LogP contribution in [0.15, 0.2) is 0 Å². The number of amides is 1. The Bertz CT molecular complexity index is 172. The molecule has 1 N–H and O–H groups in total. The molecule has 0 rings (SSSR count). The number of rotatable bonds is 11. The van der Waals surface area contributed by atoms with Gasteiger partial charge in [-0.1, -0.05) is 58.8 Å². The lowest BCUT2D eigenvalue weighted by molar-refractivity contribution is 0.143. The number of hydrogen-bond donors (Lipinski definition) is 1. The van der Waals surface area contributed by atoms with Crippen LogP contribution < -0.4 is 5.32 Å². The van der Waals surface area contributed by atoms with Crippen molar-refractivity contribution in [1.29, 1.82) is 0 Å². The first kappa shape index (κ1) is 16.3. The number of carbonyl (C=O) groups is 1. The van der Waals surface area contributed by atoms with Crippen LogP contribution in [0.5, 0.6) is 0 Å². The van der Waals surface area contributed by atoms with Gasteiger partial charge in [-0.05, 0) is 12.8 Å². The predicted molar refractivity (Wildman–Crippen MR) is 72.3 cm³/mol. The van der Waals surface area contributed by atoms with E-state index in [1.165, 1.54) is 38.5 Å². The molecule has 0 saturated heterocycles. The SMILES string of the molecule is CCCCCCCCOC(=O)NCCCCC. The van der Waals surface area contributed by atoms with Crippen molar-refractivity contribution in [3.63, 3.8) is 0 Å². The first-order valence-corrected chi connectivity index (χ1v) is 7.21. The first-order chi connectivity index (χ1) is 8.31. The van der Waals surface area contributed by atoms with E-state index in [0.29, 0.717) is 6.61 Å². The molecule has 102 valence electrons. The van der Waals surface area contributed by atoms with Crippen molar-refractivity contribution in [3.05, 3.63) is 0 Å². The van der Waals surface area contributed by atoms with Gasteiger partial charge in [0.25, 0.3) is 0 Å². The molecule has 0 radical (unpaired) electrons. The summed E-state index contributed by atoms with van der Waals surface area (Å²) in [5, 5.41) is 2.77. The largest absolute Gasteiger partial charge is 0.450 e. The molecule has 0 aromatic carbocycles. The van der Waals surface area contributed by atoms with Gasteiger partial charge in [0.05, 0.1) is 6.61 Å². The standard InChI is InChI=1S/C14H29NO2/c1-3-5-7-8-9-11-13-17-14(16)15-12-10-6-4-2/h3-13H2,1-2H3,(H,15,16). The molecule has 0 aromatic rings. The van der Waals surface area contributed by atoms with Crippen molar-refractivity contribution >= 4 is 6.09 Å². The molecule has 1 amide bonds. The van der Waals surface area contributed by atoms with Crippen molar-refractivity contribution in [3.8, 4) is 0 Å². The Labute approximate surface area is 106 Å². The fraction of sp³-hybridized carbons (Fsp3) is 0.929. The van der Waals surface area contributed by atoms with Gasteiger partial charge in [0, 0.05) is 6.54 Å². The van der Waals surface area contributed by atoms with E-state index >= 15 is 0 Å². The quantitative estimate of drug-likeness (QED) is 0.550. The van der Waals surface area contributed by atoms with Gasteiger partial charge in [0.15, 0.2) is 0 Å². The minimum Gasteiger partial charge on any atom is -0.450 e. The monoisotopic (exact) mass is 243 g/mol. The summed E-state index contributed by atoms with van der Waals surface area (Å²) in [5.41, 5.74) is 0. The second-order valence-electron chi connectivity index (χ2n) is 4.54.